The summed E-state index contributed by atoms with van der Waals surface area (Å²) < 4.78 is 0. The van der Waals surface area contributed by atoms with Crippen LogP contribution < -0.4 is 17.0 Å². The molecule has 10 heteroatoms. The summed E-state index contributed by atoms with van der Waals surface area (Å²) in [5.74, 6) is 20.1. The lowest BCUT2D eigenvalue weighted by Gasteiger charge is -2.45. The highest BCUT2D eigenvalue weighted by molar-refractivity contribution is 5.54. The van der Waals surface area contributed by atoms with Gasteiger partial charge in [-0.1, -0.05) is 290 Å². The fourth-order valence-electron chi connectivity index (χ4n) is 34.7. The molecule has 0 saturated heterocycles. The van der Waals surface area contributed by atoms with E-state index in [0.717, 1.165) is 152 Å². The second-order valence-electron chi connectivity index (χ2n) is 52.8. The molecule has 15 aliphatic carbocycles. The second-order valence-corrected chi connectivity index (χ2v) is 52.8. The van der Waals surface area contributed by atoms with Gasteiger partial charge in [0.2, 0.25) is 0 Å². The molecule has 0 radical (unpaired) electrons. The first-order valence-electron chi connectivity index (χ1n) is 56.5. The van der Waals surface area contributed by atoms with Gasteiger partial charge in [-0.2, -0.15) is 0 Å². The third-order valence-corrected chi connectivity index (χ3v) is 42.7. The van der Waals surface area contributed by atoms with Crippen molar-refractivity contribution in [3.63, 3.8) is 0 Å². The van der Waals surface area contributed by atoms with Crippen molar-refractivity contribution in [3.05, 3.63) is 59.8 Å². The second kappa shape index (κ2) is 51.5. The van der Waals surface area contributed by atoms with Crippen molar-refractivity contribution in [2.24, 2.45) is 204 Å². The number of carbonyl (C=O) groups excluding carboxylic acids is 2. The molecule has 0 aromatic carbocycles. The summed E-state index contributed by atoms with van der Waals surface area (Å²) >= 11 is 0. The first kappa shape index (κ1) is 117. The maximum Gasteiger partial charge on any atom is 0.123 e. The summed E-state index contributed by atoms with van der Waals surface area (Å²) in [6.07, 6.45) is 68.8. The van der Waals surface area contributed by atoms with E-state index in [1.807, 2.05) is 27.7 Å². The lowest BCUT2D eigenvalue weighted by Crippen LogP contribution is -3.00. The zero-order valence-corrected chi connectivity index (χ0v) is 92.7. The number of rotatable bonds is 21. The molecule has 0 bridgehead atoms. The van der Waals surface area contributed by atoms with Crippen LogP contribution in [0.25, 0.3) is 0 Å². The molecule has 0 aromatic rings. The molecule has 15 saturated carbocycles. The summed E-state index contributed by atoms with van der Waals surface area (Å²) in [7, 11) is 0. The van der Waals surface area contributed by atoms with Crippen LogP contribution in [-0.2, 0) is 9.59 Å². The zero-order chi connectivity index (χ0) is 97.3. The van der Waals surface area contributed by atoms with Crippen LogP contribution in [0.4, 0.5) is 0 Å². The number of aliphatic hydroxyl groups excluding tert-OH is 5. The Kier molecular flexibility index (Phi) is 45.7. The Morgan fingerprint density at radius 1 is 0.386 bits per heavy atom. The Balaban J connectivity index is 0.000000210. The number of carbonyl (C=O) groups is 2. The fourth-order valence-corrected chi connectivity index (χ4v) is 34.7. The first-order valence-corrected chi connectivity index (χ1v) is 56.5. The molecule has 0 aliphatic heterocycles. The van der Waals surface area contributed by atoms with Gasteiger partial charge in [-0.15, -0.1) is 0 Å². The fraction of sp³-hybridized carbons (Fsp3) is 0.902. The first-order chi connectivity index (χ1) is 61.5. The summed E-state index contributed by atoms with van der Waals surface area (Å²) in [6, 6.07) is 0. The SMILES string of the molecule is C=C1CC[C@H](O)C/C1=C/C=C1\CCC[C@]2(C)[C@@H]([C@H](C)/C=C/[C@H](C)C(C)C)CC[C@@H]12.CCCC(C)(C)O.C[C@@H](/C=C/CC(C)(C)O)[C@H]1CC[C@H]2[C@@H](C)CCC[C@]12C.C[C@@H](C=O)[C@H]1CC[C@H]2[C@@H](C)CCC[C@]12C.C[C@@H](CO)[C@H]1CC[C@H]2[C@@H](C)CCC[C@]12C.C[C@H](C=O)[C@H]1CC[C@H]2[C@@H](C)CCC[C@]12C.C[C@H](CO)[C@H]1CC[C@H]2[C@@H](C)CCC[C@]12C.C[C@H](CO)[C@H]1CC[C@H]2[C@@H](O)CCC[C@]12C.[Br-]. The van der Waals surface area contributed by atoms with Gasteiger partial charge in [0.15, 0.2) is 0 Å². The Hall–Kier alpha value is -1.76. The average molecular weight is 1910 g/mol. The van der Waals surface area contributed by atoms with E-state index in [2.05, 4.69) is 202 Å². The van der Waals surface area contributed by atoms with Gasteiger partial charge in [-0.25, -0.2) is 0 Å². The molecule has 0 aromatic heterocycles. The maximum absolute atomic E-state index is 11.0. The maximum atomic E-state index is 11.0. The molecule has 766 valence electrons. The highest BCUT2D eigenvalue weighted by Crippen LogP contribution is 2.66. The number of hydrogen-bond acceptors (Lipinski definition) is 9. The average Bonchev–Trinajstić information content (AvgIpc) is 1.65. The molecule has 0 heterocycles. The van der Waals surface area contributed by atoms with Crippen molar-refractivity contribution in [3.8, 4) is 0 Å². The Bertz CT molecular complexity index is 3380. The summed E-state index contributed by atoms with van der Waals surface area (Å²) in [5.41, 5.74) is 6.47. The summed E-state index contributed by atoms with van der Waals surface area (Å²) in [6.45, 7) is 67.0. The number of hydrogen-bond donors (Lipinski definition) is 7. The minimum atomic E-state index is -0.572. The van der Waals surface area contributed by atoms with Gasteiger partial charge in [-0.3, -0.25) is 0 Å². The van der Waals surface area contributed by atoms with Crippen LogP contribution in [0, 0.1) is 204 Å². The van der Waals surface area contributed by atoms with E-state index in [-0.39, 0.29) is 41.0 Å². The van der Waals surface area contributed by atoms with Crippen LogP contribution in [0.5, 0.6) is 0 Å². The zero-order valence-electron chi connectivity index (χ0n) is 91.1. The van der Waals surface area contributed by atoms with Crippen molar-refractivity contribution >= 4 is 12.6 Å². The standard InChI is InChI=1S/C28H44O.C19H34O.2C14H26O.2C14H24O.C13H24O2.C6H14O.BrH/c1-19(2)20(3)9-10-22(5)26-15-16-27-23(8-7-17-28(26,27)6)12-13-24-18-25(29)14-11-21(24)4;1-14(8-6-12-18(3,4)20)16-10-11-17-15(2)9-7-13-19(16,17)5;4*1-10-5-4-8-14(3)12(10)6-7-13(14)11(2)9-15;1-9(8-14)10-5-6-11-12(15)4-3-7-13(10,11)2;1-4-5-6(2,3)7;/h9-10,12-13,19-20,22,25-27,29H,4,7-8,11,14-18H2,1-3,5-6H3;6,8,14-17,20H,7,9-13H2,1-5H3;2*10-13,15H,4-9H2,1-3H3;2*9-13H,4-8H2,1-3H3;9-12,14-15H,3-8H2,1-2H3;7H,4-5H2,1-3H3;1H/p-1/b10-9+,23-12+,24-13-;8-6+;;;;;;;/t20-,22+,25-,26+,27-,28+;14-,15-,16+,17-,19+;10-,11+,12-,13+,14-;10-,11-,12-,13+,14-;10-,11+,12-,13+,14-;10-,11-,12-,13+,14-;9-,10-,11+,12+,13-;;/m0000001../s1. The smallest absolute Gasteiger partial charge is 0.123 e. The quantitative estimate of drug-likeness (QED) is 0.0436. The molecule has 36 atom stereocenters. The normalized spacial score (nSPS) is 42.1. The predicted molar refractivity (Wildman–Crippen MR) is 556 cm³/mol. The number of aliphatic hydroxyl groups is 7. The molecule has 7 N–H and O–H groups in total. The Morgan fingerprint density at radius 2 is 0.712 bits per heavy atom. The minimum Gasteiger partial charge on any atom is -1.00 e. The van der Waals surface area contributed by atoms with Crippen molar-refractivity contribution < 1.29 is 62.3 Å². The van der Waals surface area contributed by atoms with Gasteiger partial charge in [-0.05, 0) is 411 Å². The topological polar surface area (TPSA) is 176 Å². The molecule has 0 amide bonds. The van der Waals surface area contributed by atoms with Crippen LogP contribution in [0.2, 0.25) is 0 Å². The van der Waals surface area contributed by atoms with Crippen LogP contribution in [-0.4, -0.2) is 91.5 Å². The highest BCUT2D eigenvalue weighted by Gasteiger charge is 2.58. The van der Waals surface area contributed by atoms with E-state index in [0.29, 0.717) is 117 Å². The Morgan fingerprint density at radius 3 is 1.06 bits per heavy atom. The molecule has 0 spiro atoms. The lowest BCUT2D eigenvalue weighted by atomic mass is 9.60. The largest absolute Gasteiger partial charge is 1.00 e. The molecule has 15 aliphatic rings. The van der Waals surface area contributed by atoms with Gasteiger partial charge < -0.3 is 62.3 Å². The third kappa shape index (κ3) is 28.4. The van der Waals surface area contributed by atoms with Gasteiger partial charge in [0.25, 0.3) is 0 Å². The predicted octanol–water partition coefficient (Wildman–Crippen LogP) is 27.9. The van der Waals surface area contributed by atoms with Gasteiger partial charge >= 0.3 is 0 Å². The minimum absolute atomic E-state index is 0. The highest BCUT2D eigenvalue weighted by atomic mass is 79.9. The molecule has 15 rings (SSSR count). The van der Waals surface area contributed by atoms with Crippen LogP contribution in [0.3, 0.4) is 0 Å². The lowest BCUT2D eigenvalue weighted by molar-refractivity contribution is -0.114. The van der Waals surface area contributed by atoms with Crippen molar-refractivity contribution in [2.45, 2.75) is 474 Å². The van der Waals surface area contributed by atoms with Crippen LogP contribution in [0.1, 0.15) is 450 Å². The number of halogens is 1. The van der Waals surface area contributed by atoms with Crippen molar-refractivity contribution in [1.29, 1.82) is 0 Å². The van der Waals surface area contributed by atoms with Crippen molar-refractivity contribution in [2.75, 3.05) is 19.8 Å². The van der Waals surface area contributed by atoms with E-state index in [4.69, 9.17) is 5.11 Å². The van der Waals surface area contributed by atoms with E-state index in [9.17, 15) is 40.2 Å². The van der Waals surface area contributed by atoms with Gasteiger partial charge in [0, 0.05) is 31.7 Å². The number of fused-ring (bicyclic) bond motifs is 7. The Labute approximate surface area is 826 Å². The van der Waals surface area contributed by atoms with E-state index >= 15 is 0 Å². The van der Waals surface area contributed by atoms with Gasteiger partial charge in [0.1, 0.15) is 12.6 Å². The number of allylic oxidation sites excluding steroid dienone is 7. The molecular formula is C122H216BrO9-. The van der Waals surface area contributed by atoms with Crippen LogP contribution >= 0.6 is 0 Å². The van der Waals surface area contributed by atoms with E-state index < -0.39 is 11.2 Å². The van der Waals surface area contributed by atoms with Crippen molar-refractivity contribution in [1.82, 2.24) is 0 Å². The van der Waals surface area contributed by atoms with Crippen LogP contribution in [0.15, 0.2) is 59.8 Å². The monoisotopic (exact) mass is 1900 g/mol. The molecule has 132 heavy (non-hydrogen) atoms. The third-order valence-electron chi connectivity index (χ3n) is 42.7. The molecular weight excluding hydrogens is 1690 g/mol. The summed E-state index contributed by atoms with van der Waals surface area (Å²) in [5, 5.41) is 67.0. The van der Waals surface area contributed by atoms with E-state index in [1.165, 1.54) is 229 Å². The number of aldehydes is 2. The molecule has 0 unspecified atom stereocenters. The van der Waals surface area contributed by atoms with Gasteiger partial charge in [0.05, 0.1) is 23.4 Å². The summed E-state index contributed by atoms with van der Waals surface area (Å²) in [4.78, 5) is 22.0. The van der Waals surface area contributed by atoms with E-state index in [1.54, 1.807) is 5.57 Å². The molecule has 15 fully saturated rings. The molecule has 9 nitrogen and oxygen atoms in total.